The number of nitrogens with one attached hydrogen (secondary N) is 1. The van der Waals surface area contributed by atoms with Crippen LogP contribution in [-0.4, -0.2) is 62.0 Å². The minimum Gasteiger partial charge on any atom is -0.493 e. The van der Waals surface area contributed by atoms with Crippen molar-refractivity contribution in [2.24, 2.45) is 0 Å². The Bertz CT molecular complexity index is 803. The normalized spacial score (nSPS) is 12.1. The summed E-state index contributed by atoms with van der Waals surface area (Å²) in [6.07, 6.45) is -0.571. The van der Waals surface area contributed by atoms with Crippen molar-refractivity contribution < 1.29 is 28.5 Å². The number of furan rings is 1. The maximum absolute atomic E-state index is 11.7. The first-order valence-corrected chi connectivity index (χ1v) is 10.7. The van der Waals surface area contributed by atoms with E-state index in [9.17, 15) is 9.90 Å². The van der Waals surface area contributed by atoms with Crippen molar-refractivity contribution in [2.45, 2.75) is 40.0 Å². The number of carbonyl (C=O) groups excluding carboxylic acids is 1. The van der Waals surface area contributed by atoms with Crippen LogP contribution in [0.15, 0.2) is 34.7 Å². The Kier molecular flexibility index (Phi) is 10.4. The fourth-order valence-electron chi connectivity index (χ4n) is 3.07. The molecular weight excluding hydrogens is 400 g/mol. The average Bonchev–Trinajstić information content (AvgIpc) is 3.25. The Hall–Kier alpha value is -2.55. The number of carbonyl (C=O) groups is 1. The number of hydrogen-bond acceptors (Lipinski definition) is 8. The van der Waals surface area contributed by atoms with Gasteiger partial charge in [0, 0.05) is 13.1 Å². The number of ether oxygens (including phenoxy) is 3. The summed E-state index contributed by atoms with van der Waals surface area (Å²) in [7, 11) is 1.59. The lowest BCUT2D eigenvalue weighted by Crippen LogP contribution is -2.35. The van der Waals surface area contributed by atoms with E-state index in [0.717, 1.165) is 18.7 Å². The van der Waals surface area contributed by atoms with Crippen LogP contribution in [0.25, 0.3) is 0 Å². The molecule has 172 valence electrons. The fraction of sp³-hybridized carbons (Fsp3) is 0.522. The monoisotopic (exact) mass is 434 g/mol. The highest BCUT2D eigenvalue weighted by atomic mass is 16.5. The van der Waals surface area contributed by atoms with Crippen LogP contribution in [0.3, 0.4) is 0 Å². The van der Waals surface area contributed by atoms with Crippen LogP contribution >= 0.6 is 0 Å². The third kappa shape index (κ3) is 7.90. The van der Waals surface area contributed by atoms with E-state index in [1.807, 2.05) is 18.2 Å². The lowest BCUT2D eigenvalue weighted by atomic mass is 10.2. The zero-order chi connectivity index (χ0) is 22.6. The van der Waals surface area contributed by atoms with Gasteiger partial charge < -0.3 is 34.0 Å². The number of methoxy groups -OCH3 is 1. The van der Waals surface area contributed by atoms with Gasteiger partial charge in [0.2, 0.25) is 5.76 Å². The van der Waals surface area contributed by atoms with Crippen molar-refractivity contribution in [1.29, 1.82) is 0 Å². The molecule has 2 aromatic rings. The van der Waals surface area contributed by atoms with Crippen LogP contribution in [0.4, 0.5) is 0 Å². The van der Waals surface area contributed by atoms with Crippen LogP contribution in [0, 0.1) is 0 Å². The van der Waals surface area contributed by atoms with Gasteiger partial charge in [0.05, 0.1) is 20.3 Å². The predicted molar refractivity (Wildman–Crippen MR) is 117 cm³/mol. The van der Waals surface area contributed by atoms with E-state index in [-0.39, 0.29) is 12.4 Å². The lowest BCUT2D eigenvalue weighted by molar-refractivity contribution is 0.0488. The highest BCUT2D eigenvalue weighted by Gasteiger charge is 2.13. The standard InChI is InChI=1S/C23H34N2O6/c1-5-25(6-2)15-18(26)16-30-20-10-8-17(12-22(20)28-4)13-24-14-19-9-11-21(31-19)23(27)29-7-3/h8-12,18,24,26H,5-7,13-16H2,1-4H3/t18-/m1/s1. The smallest absolute Gasteiger partial charge is 0.374 e. The summed E-state index contributed by atoms with van der Waals surface area (Å²) in [6, 6.07) is 9.03. The van der Waals surface area contributed by atoms with Gasteiger partial charge in [-0.2, -0.15) is 0 Å². The molecule has 0 aliphatic carbocycles. The Morgan fingerprint density at radius 2 is 1.90 bits per heavy atom. The van der Waals surface area contributed by atoms with Crippen molar-refractivity contribution in [3.63, 3.8) is 0 Å². The SMILES string of the molecule is CCOC(=O)c1ccc(CNCc2ccc(OC[C@H](O)CN(CC)CC)c(OC)c2)o1. The molecule has 0 fully saturated rings. The van der Waals surface area contributed by atoms with Gasteiger partial charge in [-0.05, 0) is 49.8 Å². The van der Waals surface area contributed by atoms with Crippen molar-refractivity contribution >= 4 is 5.97 Å². The first-order chi connectivity index (χ1) is 15.0. The van der Waals surface area contributed by atoms with Crippen LogP contribution in [0.1, 0.15) is 42.6 Å². The molecule has 0 unspecified atom stereocenters. The molecule has 1 heterocycles. The minimum atomic E-state index is -0.571. The Morgan fingerprint density at radius 1 is 1.13 bits per heavy atom. The van der Waals surface area contributed by atoms with Crippen molar-refractivity contribution in [3.05, 3.63) is 47.4 Å². The molecule has 0 saturated carbocycles. The van der Waals surface area contributed by atoms with E-state index in [1.54, 1.807) is 26.2 Å². The number of likely N-dealkylation sites (N-methyl/N-ethyl adjacent to an activating group) is 1. The Labute approximate surface area is 184 Å². The van der Waals surface area contributed by atoms with Crippen LogP contribution in [0.5, 0.6) is 11.5 Å². The number of nitrogens with zero attached hydrogens (tertiary/aromatic N) is 1. The van der Waals surface area contributed by atoms with Gasteiger partial charge in [0.1, 0.15) is 18.5 Å². The Morgan fingerprint density at radius 3 is 2.58 bits per heavy atom. The topological polar surface area (TPSA) is 93.4 Å². The van der Waals surface area contributed by atoms with E-state index in [0.29, 0.717) is 43.5 Å². The second-order valence-corrected chi connectivity index (χ2v) is 7.03. The summed E-state index contributed by atoms with van der Waals surface area (Å²) in [5.74, 6) is 1.59. The number of hydrogen-bond donors (Lipinski definition) is 2. The maximum Gasteiger partial charge on any atom is 0.374 e. The largest absolute Gasteiger partial charge is 0.493 e. The minimum absolute atomic E-state index is 0.199. The van der Waals surface area contributed by atoms with Gasteiger partial charge in [-0.25, -0.2) is 4.79 Å². The zero-order valence-electron chi connectivity index (χ0n) is 18.8. The molecule has 1 aromatic heterocycles. The fourth-order valence-corrected chi connectivity index (χ4v) is 3.07. The van der Waals surface area contributed by atoms with Crippen LogP contribution in [-0.2, 0) is 17.8 Å². The van der Waals surface area contributed by atoms with Crippen molar-refractivity contribution in [3.8, 4) is 11.5 Å². The van der Waals surface area contributed by atoms with Gasteiger partial charge in [-0.1, -0.05) is 19.9 Å². The van der Waals surface area contributed by atoms with E-state index in [2.05, 4.69) is 24.1 Å². The summed E-state index contributed by atoms with van der Waals surface area (Å²) in [6.45, 7) is 9.80. The van der Waals surface area contributed by atoms with Crippen molar-refractivity contribution in [2.75, 3.05) is 40.0 Å². The highest BCUT2D eigenvalue weighted by Crippen LogP contribution is 2.28. The molecule has 31 heavy (non-hydrogen) atoms. The molecule has 0 amide bonds. The summed E-state index contributed by atoms with van der Waals surface area (Å²) < 4.78 is 21.6. The molecule has 0 bridgehead atoms. The third-order valence-electron chi connectivity index (χ3n) is 4.79. The van der Waals surface area contributed by atoms with Gasteiger partial charge in [0.15, 0.2) is 11.5 Å². The molecule has 0 radical (unpaired) electrons. The molecule has 2 N–H and O–H groups in total. The zero-order valence-corrected chi connectivity index (χ0v) is 18.8. The Balaban J connectivity index is 1.85. The van der Waals surface area contributed by atoms with Gasteiger partial charge in [-0.15, -0.1) is 0 Å². The summed E-state index contributed by atoms with van der Waals surface area (Å²) in [5, 5.41) is 13.5. The first-order valence-electron chi connectivity index (χ1n) is 10.7. The molecule has 0 aliphatic rings. The van der Waals surface area contributed by atoms with Gasteiger partial charge in [0.25, 0.3) is 0 Å². The quantitative estimate of drug-likeness (QED) is 0.439. The lowest BCUT2D eigenvalue weighted by Gasteiger charge is -2.22. The van der Waals surface area contributed by atoms with Crippen LogP contribution in [0.2, 0.25) is 0 Å². The van der Waals surface area contributed by atoms with Crippen molar-refractivity contribution in [1.82, 2.24) is 10.2 Å². The molecule has 8 heteroatoms. The first kappa shape index (κ1) is 24.7. The average molecular weight is 435 g/mol. The van der Waals surface area contributed by atoms with Crippen LogP contribution < -0.4 is 14.8 Å². The van der Waals surface area contributed by atoms with E-state index in [4.69, 9.17) is 18.6 Å². The molecular formula is C23H34N2O6. The molecule has 1 atom stereocenters. The predicted octanol–water partition coefficient (Wildman–Crippen LogP) is 2.84. The number of aliphatic hydroxyl groups is 1. The number of aliphatic hydroxyl groups excluding tert-OH is 1. The summed E-state index contributed by atoms with van der Waals surface area (Å²) in [5.41, 5.74) is 1.00. The third-order valence-corrected chi connectivity index (χ3v) is 4.79. The van der Waals surface area contributed by atoms with E-state index >= 15 is 0 Å². The molecule has 0 saturated heterocycles. The highest BCUT2D eigenvalue weighted by molar-refractivity contribution is 5.86. The molecule has 8 nitrogen and oxygen atoms in total. The number of rotatable bonds is 14. The van der Waals surface area contributed by atoms with Gasteiger partial charge in [-0.3, -0.25) is 0 Å². The second kappa shape index (κ2) is 13.0. The maximum atomic E-state index is 11.7. The summed E-state index contributed by atoms with van der Waals surface area (Å²) in [4.78, 5) is 13.8. The molecule has 0 aliphatic heterocycles. The van der Waals surface area contributed by atoms with E-state index < -0.39 is 12.1 Å². The molecule has 0 spiro atoms. The van der Waals surface area contributed by atoms with E-state index in [1.165, 1.54) is 0 Å². The van der Waals surface area contributed by atoms with Gasteiger partial charge >= 0.3 is 5.97 Å². The number of esters is 1. The molecule has 2 rings (SSSR count). The molecule has 1 aromatic carbocycles. The number of benzene rings is 1. The summed E-state index contributed by atoms with van der Waals surface area (Å²) >= 11 is 0. The second-order valence-electron chi connectivity index (χ2n) is 7.03.